The van der Waals surface area contributed by atoms with Crippen LogP contribution in [0.15, 0.2) is 24.5 Å². The highest BCUT2D eigenvalue weighted by Crippen LogP contribution is 2.37. The van der Waals surface area contributed by atoms with Gasteiger partial charge in [0.05, 0.1) is 20.9 Å². The molecule has 2 nitrogen and oxygen atoms in total. The fourth-order valence-corrected chi connectivity index (χ4v) is 3.29. The molecule has 0 fully saturated rings. The molecule has 18 heavy (non-hydrogen) atoms. The van der Waals surface area contributed by atoms with Crippen molar-refractivity contribution in [1.82, 2.24) is 10.3 Å². The lowest BCUT2D eigenvalue weighted by Crippen LogP contribution is -2.22. The van der Waals surface area contributed by atoms with E-state index in [4.69, 9.17) is 23.2 Å². The van der Waals surface area contributed by atoms with Gasteiger partial charge < -0.3 is 5.32 Å². The molecule has 0 saturated heterocycles. The van der Waals surface area contributed by atoms with E-state index in [1.54, 1.807) is 18.3 Å². The van der Waals surface area contributed by atoms with E-state index >= 15 is 0 Å². The molecule has 0 spiro atoms. The highest BCUT2D eigenvalue weighted by Gasteiger charge is 2.21. The van der Waals surface area contributed by atoms with Crippen LogP contribution >= 0.6 is 34.5 Å². The lowest BCUT2D eigenvalue weighted by molar-refractivity contribution is 0.555. The molecule has 0 bridgehead atoms. The summed E-state index contributed by atoms with van der Waals surface area (Å²) in [4.78, 5) is 3.75. The average Bonchev–Trinajstić information content (AvgIpc) is 2.66. The zero-order valence-electron chi connectivity index (χ0n) is 9.58. The van der Waals surface area contributed by atoms with Crippen molar-refractivity contribution in [2.45, 2.75) is 13.0 Å². The van der Waals surface area contributed by atoms with Gasteiger partial charge in [-0.1, -0.05) is 30.1 Å². The Bertz CT molecular complexity index is 545. The SMILES string of the molecule is CCNC(c1ccncc1F)c1cc(Cl)sc1Cl. The largest absolute Gasteiger partial charge is 0.306 e. The number of halogens is 3. The van der Waals surface area contributed by atoms with Crippen molar-refractivity contribution in [3.63, 3.8) is 0 Å². The molecule has 1 unspecified atom stereocenters. The van der Waals surface area contributed by atoms with Crippen LogP contribution in [-0.2, 0) is 0 Å². The van der Waals surface area contributed by atoms with Gasteiger partial charge >= 0.3 is 0 Å². The average molecular weight is 305 g/mol. The number of thiophene rings is 1. The van der Waals surface area contributed by atoms with Crippen molar-refractivity contribution in [1.29, 1.82) is 0 Å². The summed E-state index contributed by atoms with van der Waals surface area (Å²) >= 11 is 13.3. The van der Waals surface area contributed by atoms with Crippen molar-refractivity contribution in [2.75, 3.05) is 6.54 Å². The van der Waals surface area contributed by atoms with Crippen molar-refractivity contribution in [2.24, 2.45) is 0 Å². The van der Waals surface area contributed by atoms with Crippen molar-refractivity contribution in [3.05, 3.63) is 50.1 Å². The van der Waals surface area contributed by atoms with E-state index in [0.717, 1.165) is 5.56 Å². The Kier molecular flexibility index (Phi) is 4.56. The van der Waals surface area contributed by atoms with Crippen LogP contribution in [0.2, 0.25) is 8.67 Å². The third-order valence-electron chi connectivity index (χ3n) is 2.52. The number of aromatic nitrogens is 1. The van der Waals surface area contributed by atoms with Crippen LogP contribution in [0.3, 0.4) is 0 Å². The quantitative estimate of drug-likeness (QED) is 0.911. The van der Waals surface area contributed by atoms with Crippen LogP contribution in [0.1, 0.15) is 24.1 Å². The van der Waals surface area contributed by atoms with E-state index in [2.05, 4.69) is 10.3 Å². The van der Waals surface area contributed by atoms with E-state index in [0.29, 0.717) is 20.8 Å². The molecule has 0 radical (unpaired) electrons. The normalized spacial score (nSPS) is 12.7. The summed E-state index contributed by atoms with van der Waals surface area (Å²) in [5.74, 6) is -0.359. The molecule has 0 saturated carbocycles. The van der Waals surface area contributed by atoms with E-state index < -0.39 is 0 Å². The summed E-state index contributed by atoms with van der Waals surface area (Å²) < 4.78 is 15.0. The number of nitrogens with zero attached hydrogens (tertiary/aromatic N) is 1. The lowest BCUT2D eigenvalue weighted by Gasteiger charge is -2.18. The summed E-state index contributed by atoms with van der Waals surface area (Å²) in [6, 6.07) is 3.10. The Hall–Kier alpha value is -0.680. The molecule has 2 aromatic heterocycles. The third kappa shape index (κ3) is 2.83. The fraction of sp³-hybridized carbons (Fsp3) is 0.250. The second-order valence-corrected chi connectivity index (χ2v) is 5.95. The Labute approximate surface area is 119 Å². The third-order valence-corrected chi connectivity index (χ3v) is 4.04. The molecule has 1 atom stereocenters. The van der Waals surface area contributed by atoms with Gasteiger partial charge in [0.2, 0.25) is 0 Å². The van der Waals surface area contributed by atoms with E-state index in [1.807, 2.05) is 6.92 Å². The zero-order valence-corrected chi connectivity index (χ0v) is 11.9. The predicted molar refractivity (Wildman–Crippen MR) is 74.1 cm³/mol. The molecule has 0 amide bonds. The first-order chi connectivity index (χ1) is 8.63. The first-order valence-electron chi connectivity index (χ1n) is 5.41. The standard InChI is InChI=1S/C12H11Cl2FN2S/c1-2-17-11(7-3-4-16-6-9(7)15)8-5-10(13)18-12(8)14/h3-6,11,17H,2H2,1H3. The molecule has 0 aliphatic carbocycles. The summed E-state index contributed by atoms with van der Waals surface area (Å²) in [6.45, 7) is 2.64. The lowest BCUT2D eigenvalue weighted by atomic mass is 10.0. The van der Waals surface area contributed by atoms with E-state index in [9.17, 15) is 4.39 Å². The number of pyridine rings is 1. The Morgan fingerprint density at radius 3 is 2.78 bits per heavy atom. The molecule has 0 aliphatic heterocycles. The van der Waals surface area contributed by atoms with Crippen molar-refractivity contribution < 1.29 is 4.39 Å². The number of rotatable bonds is 4. The van der Waals surface area contributed by atoms with Gasteiger partial charge in [-0.05, 0) is 18.7 Å². The first kappa shape index (κ1) is 13.7. The predicted octanol–water partition coefficient (Wildman–Crippen LogP) is 4.29. The topological polar surface area (TPSA) is 24.9 Å². The van der Waals surface area contributed by atoms with Gasteiger partial charge in [-0.15, -0.1) is 11.3 Å². The molecular weight excluding hydrogens is 294 g/mol. The molecule has 1 N–H and O–H groups in total. The van der Waals surface area contributed by atoms with Crippen LogP contribution in [0.4, 0.5) is 4.39 Å². The summed E-state index contributed by atoms with van der Waals surface area (Å²) in [7, 11) is 0. The van der Waals surface area contributed by atoms with Gasteiger partial charge in [0.25, 0.3) is 0 Å². The molecule has 0 aromatic carbocycles. The number of hydrogen-bond donors (Lipinski definition) is 1. The number of hydrogen-bond acceptors (Lipinski definition) is 3. The molecule has 2 rings (SSSR count). The van der Waals surface area contributed by atoms with Gasteiger partial charge in [-0.25, -0.2) is 4.39 Å². The Morgan fingerprint density at radius 1 is 1.44 bits per heavy atom. The minimum atomic E-state index is -0.359. The van der Waals surface area contributed by atoms with Gasteiger partial charge in [0, 0.05) is 17.3 Å². The highest BCUT2D eigenvalue weighted by molar-refractivity contribution is 7.20. The zero-order chi connectivity index (χ0) is 13.1. The van der Waals surface area contributed by atoms with Gasteiger partial charge in [0.1, 0.15) is 5.82 Å². The summed E-state index contributed by atoms with van der Waals surface area (Å²) in [5.41, 5.74) is 1.31. The van der Waals surface area contributed by atoms with E-state index in [1.165, 1.54) is 17.5 Å². The smallest absolute Gasteiger partial charge is 0.146 e. The first-order valence-corrected chi connectivity index (χ1v) is 6.98. The summed E-state index contributed by atoms with van der Waals surface area (Å²) in [6.07, 6.45) is 2.76. The molecule has 96 valence electrons. The highest BCUT2D eigenvalue weighted by atomic mass is 35.5. The second-order valence-electron chi connectivity index (χ2n) is 3.67. The molecule has 0 aliphatic rings. The molecular formula is C12H11Cl2FN2S. The van der Waals surface area contributed by atoms with Gasteiger partial charge in [0.15, 0.2) is 0 Å². The van der Waals surface area contributed by atoms with Crippen molar-refractivity contribution in [3.8, 4) is 0 Å². The second kappa shape index (κ2) is 5.97. The molecule has 6 heteroatoms. The van der Waals surface area contributed by atoms with Crippen LogP contribution in [-0.4, -0.2) is 11.5 Å². The minimum absolute atomic E-state index is 0.311. The van der Waals surface area contributed by atoms with Crippen LogP contribution in [0.25, 0.3) is 0 Å². The molecule has 2 heterocycles. The van der Waals surface area contributed by atoms with Crippen LogP contribution in [0.5, 0.6) is 0 Å². The van der Waals surface area contributed by atoms with Crippen molar-refractivity contribution >= 4 is 34.5 Å². The minimum Gasteiger partial charge on any atom is -0.306 e. The number of nitrogens with one attached hydrogen (secondary N) is 1. The maximum absolute atomic E-state index is 13.8. The van der Waals surface area contributed by atoms with Crippen LogP contribution in [0, 0.1) is 5.82 Å². The Morgan fingerprint density at radius 2 is 2.22 bits per heavy atom. The fourth-order valence-electron chi connectivity index (χ4n) is 1.76. The monoisotopic (exact) mass is 304 g/mol. The maximum Gasteiger partial charge on any atom is 0.146 e. The van der Waals surface area contributed by atoms with Gasteiger partial charge in [-0.2, -0.15) is 0 Å². The Balaban J connectivity index is 2.46. The summed E-state index contributed by atoms with van der Waals surface area (Å²) in [5, 5.41) is 3.21. The van der Waals surface area contributed by atoms with Crippen LogP contribution < -0.4 is 5.32 Å². The van der Waals surface area contributed by atoms with E-state index in [-0.39, 0.29) is 11.9 Å². The molecule has 2 aromatic rings. The maximum atomic E-state index is 13.8. The van der Waals surface area contributed by atoms with Gasteiger partial charge in [-0.3, -0.25) is 4.98 Å².